The van der Waals surface area contributed by atoms with Crippen LogP contribution in [0.2, 0.25) is 0 Å². The van der Waals surface area contributed by atoms with Crippen LogP contribution in [0, 0.1) is 0 Å². The fourth-order valence-electron chi connectivity index (χ4n) is 13.1. The molecule has 4 aliphatic heterocycles. The van der Waals surface area contributed by atoms with E-state index in [4.69, 9.17) is 9.47 Å². The van der Waals surface area contributed by atoms with Gasteiger partial charge in [0.2, 0.25) is 0 Å². The highest BCUT2D eigenvalue weighted by Crippen LogP contribution is 2.53. The van der Waals surface area contributed by atoms with E-state index >= 15 is 0 Å². The van der Waals surface area contributed by atoms with Gasteiger partial charge in [-0.2, -0.15) is 0 Å². The Labute approximate surface area is 472 Å². The maximum atomic E-state index is 6.99. The SMILES string of the molecule is c1ccc(Oc2cc3c4c(c2)N(c2ccccc2)c2c(sc5ccccc25)B4c2cc4c(cc2N3c2ccccc2)N(c2ccccc2)c2cc(Oc3ccccc3)cc3c2B4c2sc4ccccc4c2N3c2ccccc2)cc1. The second-order valence-corrected chi connectivity index (χ2v) is 22.9. The molecule has 4 aliphatic rings. The van der Waals surface area contributed by atoms with Gasteiger partial charge in [0.25, 0.3) is 13.4 Å². The van der Waals surface area contributed by atoms with Crippen molar-refractivity contribution in [2.45, 2.75) is 0 Å². The average molecular weight is 1060 g/mol. The summed E-state index contributed by atoms with van der Waals surface area (Å²) in [6.07, 6.45) is 0. The van der Waals surface area contributed by atoms with Crippen molar-refractivity contribution in [1.82, 2.24) is 0 Å². The van der Waals surface area contributed by atoms with Crippen LogP contribution in [0.4, 0.5) is 68.2 Å². The summed E-state index contributed by atoms with van der Waals surface area (Å²) < 4.78 is 19.1. The lowest BCUT2D eigenvalue weighted by Gasteiger charge is -2.46. The molecule has 374 valence electrons. The van der Waals surface area contributed by atoms with Gasteiger partial charge in [0.15, 0.2) is 0 Å². The van der Waals surface area contributed by atoms with E-state index in [2.05, 4.69) is 226 Å². The van der Waals surface area contributed by atoms with Crippen LogP contribution in [-0.2, 0) is 0 Å². The Bertz CT molecular complexity index is 4290. The molecule has 0 aliphatic carbocycles. The fraction of sp³-hybridized carbons (Fsp3) is 0. The molecule has 2 aromatic heterocycles. The van der Waals surface area contributed by atoms with Crippen molar-refractivity contribution < 1.29 is 9.47 Å². The molecule has 13 aromatic rings. The summed E-state index contributed by atoms with van der Waals surface area (Å²) in [6, 6.07) is 96.1. The van der Waals surface area contributed by atoms with Gasteiger partial charge >= 0.3 is 0 Å². The largest absolute Gasteiger partial charge is 0.457 e. The van der Waals surface area contributed by atoms with Crippen LogP contribution < -0.4 is 60.5 Å². The van der Waals surface area contributed by atoms with Crippen LogP contribution in [0.5, 0.6) is 23.0 Å². The number of fused-ring (bicyclic) bond motifs is 12. The van der Waals surface area contributed by atoms with Crippen molar-refractivity contribution in [1.29, 1.82) is 0 Å². The van der Waals surface area contributed by atoms with Crippen molar-refractivity contribution >= 4 is 156 Å². The zero-order valence-corrected chi connectivity index (χ0v) is 44.6. The molecule has 80 heavy (non-hydrogen) atoms. The second-order valence-electron chi connectivity index (χ2n) is 20.7. The maximum absolute atomic E-state index is 6.99. The molecular weight excluding hydrogens is 1010 g/mol. The van der Waals surface area contributed by atoms with Gasteiger partial charge in [-0.3, -0.25) is 0 Å². The van der Waals surface area contributed by atoms with Crippen molar-refractivity contribution in [3.8, 4) is 23.0 Å². The third-order valence-electron chi connectivity index (χ3n) is 16.2. The van der Waals surface area contributed by atoms with Gasteiger partial charge in [-0.15, -0.1) is 22.7 Å². The number of benzene rings is 11. The normalized spacial score (nSPS) is 13.3. The first kappa shape index (κ1) is 45.3. The van der Waals surface area contributed by atoms with Crippen molar-refractivity contribution in [3.63, 3.8) is 0 Å². The molecule has 0 amide bonds. The smallest absolute Gasteiger partial charge is 0.264 e. The summed E-state index contributed by atoms with van der Waals surface area (Å²) in [6.45, 7) is -0.283. The van der Waals surface area contributed by atoms with Gasteiger partial charge in [-0.25, -0.2) is 0 Å². The number of hydrogen-bond donors (Lipinski definition) is 0. The Kier molecular flexibility index (Phi) is 10.1. The van der Waals surface area contributed by atoms with E-state index in [1.807, 2.05) is 83.3 Å². The highest BCUT2D eigenvalue weighted by Gasteiger charge is 2.50. The summed E-state index contributed by atoms with van der Waals surface area (Å²) in [7, 11) is 0. The van der Waals surface area contributed by atoms with E-state index < -0.39 is 0 Å². The Morgan fingerprint density at radius 3 is 0.963 bits per heavy atom. The first-order valence-corrected chi connectivity index (χ1v) is 28.8. The summed E-state index contributed by atoms with van der Waals surface area (Å²) in [4.78, 5) is 10.0. The summed E-state index contributed by atoms with van der Waals surface area (Å²) in [5, 5.41) is 2.46. The molecule has 11 aromatic carbocycles. The van der Waals surface area contributed by atoms with Crippen LogP contribution in [0.3, 0.4) is 0 Å². The maximum Gasteiger partial charge on any atom is 0.264 e. The number of thiophene rings is 2. The molecule has 0 bridgehead atoms. The zero-order valence-electron chi connectivity index (χ0n) is 43.0. The highest BCUT2D eigenvalue weighted by atomic mass is 32.1. The molecule has 0 saturated heterocycles. The highest BCUT2D eigenvalue weighted by molar-refractivity contribution is 7.35. The van der Waals surface area contributed by atoms with Crippen molar-refractivity contribution in [3.05, 3.63) is 267 Å². The Morgan fingerprint density at radius 2 is 0.588 bits per heavy atom. The van der Waals surface area contributed by atoms with Crippen LogP contribution in [0.25, 0.3) is 20.2 Å². The van der Waals surface area contributed by atoms with E-state index in [-0.39, 0.29) is 13.4 Å². The number of rotatable bonds is 8. The topological polar surface area (TPSA) is 31.4 Å². The van der Waals surface area contributed by atoms with Gasteiger partial charge in [0.1, 0.15) is 23.0 Å². The summed E-state index contributed by atoms with van der Waals surface area (Å²) in [5.74, 6) is 3.08. The molecule has 6 heterocycles. The minimum atomic E-state index is -0.141. The molecule has 0 unspecified atom stereocenters. The van der Waals surface area contributed by atoms with E-state index in [1.54, 1.807) is 0 Å². The minimum absolute atomic E-state index is 0.141. The van der Waals surface area contributed by atoms with E-state index in [1.165, 1.54) is 63.0 Å². The van der Waals surface area contributed by atoms with Crippen LogP contribution in [-0.4, -0.2) is 13.4 Å². The van der Waals surface area contributed by atoms with Gasteiger partial charge in [0, 0.05) is 111 Å². The molecule has 6 nitrogen and oxygen atoms in total. The Morgan fingerprint density at radius 1 is 0.275 bits per heavy atom. The van der Waals surface area contributed by atoms with E-state index in [0.717, 1.165) is 79.9 Å². The predicted molar refractivity (Wildman–Crippen MR) is 338 cm³/mol. The number of para-hydroxylation sites is 6. The first-order chi connectivity index (χ1) is 39.7. The monoisotopic (exact) mass is 1060 g/mol. The Hall–Kier alpha value is -9.73. The van der Waals surface area contributed by atoms with Gasteiger partial charge in [-0.05, 0) is 113 Å². The van der Waals surface area contributed by atoms with Crippen molar-refractivity contribution in [2.24, 2.45) is 0 Å². The lowest BCUT2D eigenvalue weighted by Crippen LogP contribution is -2.64. The predicted octanol–water partition coefficient (Wildman–Crippen LogP) is 15.9. The van der Waals surface area contributed by atoms with Crippen LogP contribution in [0.1, 0.15) is 0 Å². The quantitative estimate of drug-likeness (QED) is 0.141. The lowest BCUT2D eigenvalue weighted by molar-refractivity contribution is 0.483. The summed E-state index contributed by atoms with van der Waals surface area (Å²) in [5.41, 5.74) is 18.3. The number of nitrogens with zero attached hydrogens (tertiary/aromatic N) is 4. The number of anilines is 12. The molecule has 10 heteroatoms. The molecule has 0 spiro atoms. The minimum Gasteiger partial charge on any atom is -0.457 e. The molecule has 17 rings (SSSR count). The molecule has 0 radical (unpaired) electrons. The average Bonchev–Trinajstić information content (AvgIpc) is 2.59. The van der Waals surface area contributed by atoms with Crippen molar-refractivity contribution in [2.75, 3.05) is 19.6 Å². The van der Waals surface area contributed by atoms with E-state index in [0.29, 0.717) is 0 Å². The standard InChI is InChI=1S/C70H44B2N4O2S2/c1-7-23-45(24-8-1)73-57-44-58-56(43-55(57)71-65-59(73)39-51(77-49-31-15-5-16-32-49)41-61(65)75(47-27-11-3-12-28-47)67-53-35-19-21-37-63(53)79-69(67)71)72-66-60(74(58)46-25-9-2-10-26-46)40-52(78-50-33-17-6-18-34-50)42-62(66)76(48-29-13-4-14-30-48)68-54-36-20-22-38-64(54)80-70(68)72/h1-44H. The van der Waals surface area contributed by atoms with E-state index in [9.17, 15) is 0 Å². The summed E-state index contributed by atoms with van der Waals surface area (Å²) >= 11 is 3.84. The molecule has 0 atom stereocenters. The number of hydrogen-bond acceptors (Lipinski definition) is 8. The first-order valence-electron chi connectivity index (χ1n) is 27.1. The van der Waals surface area contributed by atoms with Crippen LogP contribution >= 0.6 is 22.7 Å². The Balaban J connectivity index is 1.01. The molecule has 0 fully saturated rings. The molecular formula is C70H44B2N4O2S2. The molecule has 0 N–H and O–H groups in total. The third kappa shape index (κ3) is 6.86. The van der Waals surface area contributed by atoms with Gasteiger partial charge in [-0.1, -0.05) is 152 Å². The zero-order chi connectivity index (χ0) is 52.4. The second kappa shape index (κ2) is 17.9. The number of ether oxygens (including phenoxy) is 2. The van der Waals surface area contributed by atoms with Crippen LogP contribution in [0.15, 0.2) is 267 Å². The van der Waals surface area contributed by atoms with Gasteiger partial charge in [0.05, 0.1) is 11.4 Å². The third-order valence-corrected chi connectivity index (χ3v) is 18.7. The molecule has 0 saturated carbocycles. The fourth-order valence-corrected chi connectivity index (χ4v) is 15.7. The van der Waals surface area contributed by atoms with Gasteiger partial charge < -0.3 is 29.1 Å². The lowest BCUT2D eigenvalue weighted by atomic mass is 9.32.